The molecular weight excluding hydrogens is 410 g/mol. The van der Waals surface area contributed by atoms with E-state index in [0.29, 0.717) is 24.6 Å². The maximum absolute atomic E-state index is 12.9. The zero-order chi connectivity index (χ0) is 21.7. The first kappa shape index (κ1) is 21.8. The summed E-state index contributed by atoms with van der Waals surface area (Å²) < 4.78 is 37.6. The Labute approximate surface area is 175 Å². The molecule has 0 spiro atoms. The number of methoxy groups -OCH3 is 1. The highest BCUT2D eigenvalue weighted by Gasteiger charge is 2.28. The summed E-state index contributed by atoms with van der Waals surface area (Å²) in [6.45, 7) is 2.58. The summed E-state index contributed by atoms with van der Waals surface area (Å²) in [6, 6.07) is 10.7. The normalized spacial score (nSPS) is 14.7. The van der Waals surface area contributed by atoms with Gasteiger partial charge < -0.3 is 20.1 Å². The molecule has 1 fully saturated rings. The van der Waals surface area contributed by atoms with E-state index in [4.69, 9.17) is 9.47 Å². The molecule has 160 valence electrons. The summed E-state index contributed by atoms with van der Waals surface area (Å²) in [7, 11) is -2.35. The molecule has 0 radical (unpaired) electrons. The number of carbonyl (C=O) groups excluding carboxylic acids is 2. The number of morpholine rings is 1. The summed E-state index contributed by atoms with van der Waals surface area (Å²) in [4.78, 5) is 23.9. The van der Waals surface area contributed by atoms with E-state index in [9.17, 15) is 18.0 Å². The molecule has 0 aromatic heterocycles. The molecule has 2 aromatic carbocycles. The van der Waals surface area contributed by atoms with E-state index in [1.54, 1.807) is 24.3 Å². The number of hydrogen-bond acceptors (Lipinski definition) is 6. The van der Waals surface area contributed by atoms with Gasteiger partial charge in [-0.3, -0.25) is 9.59 Å². The van der Waals surface area contributed by atoms with Crippen LogP contribution in [0.25, 0.3) is 0 Å². The zero-order valence-electron chi connectivity index (χ0n) is 16.7. The van der Waals surface area contributed by atoms with Crippen molar-refractivity contribution in [3.05, 3.63) is 48.0 Å². The van der Waals surface area contributed by atoms with Gasteiger partial charge in [-0.15, -0.1) is 0 Å². The Balaban J connectivity index is 1.84. The second-order valence-corrected chi connectivity index (χ2v) is 8.53. The Bertz CT molecular complexity index is 1030. The molecule has 1 aliphatic rings. The summed E-state index contributed by atoms with van der Waals surface area (Å²) in [5.74, 6) is -0.462. The topological polar surface area (TPSA) is 114 Å². The van der Waals surface area contributed by atoms with Crippen LogP contribution in [0, 0.1) is 0 Å². The van der Waals surface area contributed by atoms with E-state index in [-0.39, 0.29) is 35.2 Å². The number of benzene rings is 2. The zero-order valence-corrected chi connectivity index (χ0v) is 17.5. The van der Waals surface area contributed by atoms with Crippen molar-refractivity contribution in [2.75, 3.05) is 44.0 Å². The first-order chi connectivity index (χ1) is 14.3. The number of hydrogen-bond donors (Lipinski definition) is 2. The van der Waals surface area contributed by atoms with Crippen molar-refractivity contribution in [2.24, 2.45) is 0 Å². The highest BCUT2D eigenvalue weighted by atomic mass is 32.2. The smallest absolute Gasteiger partial charge is 0.259 e. The van der Waals surface area contributed by atoms with Crippen molar-refractivity contribution >= 4 is 33.2 Å². The van der Waals surface area contributed by atoms with Crippen LogP contribution in [0.2, 0.25) is 0 Å². The number of rotatable bonds is 6. The fourth-order valence-electron chi connectivity index (χ4n) is 3.00. The van der Waals surface area contributed by atoms with Crippen LogP contribution in [0.4, 0.5) is 11.4 Å². The van der Waals surface area contributed by atoms with Gasteiger partial charge in [0.25, 0.3) is 5.91 Å². The number of nitrogens with zero attached hydrogens (tertiary/aromatic N) is 1. The molecule has 9 nitrogen and oxygen atoms in total. The van der Waals surface area contributed by atoms with Crippen molar-refractivity contribution in [3.8, 4) is 5.75 Å². The highest BCUT2D eigenvalue weighted by molar-refractivity contribution is 7.89. The minimum Gasteiger partial charge on any atom is -0.496 e. The summed E-state index contributed by atoms with van der Waals surface area (Å²) in [5, 5.41) is 5.35. The van der Waals surface area contributed by atoms with Crippen LogP contribution in [0.5, 0.6) is 5.75 Å². The monoisotopic (exact) mass is 433 g/mol. The summed E-state index contributed by atoms with van der Waals surface area (Å²) in [5.41, 5.74) is 1.17. The fourth-order valence-corrected chi connectivity index (χ4v) is 4.43. The molecule has 1 heterocycles. The Hall–Kier alpha value is -2.95. The van der Waals surface area contributed by atoms with Crippen LogP contribution in [0.15, 0.2) is 47.4 Å². The quantitative estimate of drug-likeness (QED) is 0.720. The number of nitrogens with one attached hydrogen (secondary N) is 2. The van der Waals surface area contributed by atoms with Gasteiger partial charge in [0.2, 0.25) is 15.9 Å². The lowest BCUT2D eigenvalue weighted by Gasteiger charge is -2.26. The Morgan fingerprint density at radius 3 is 2.17 bits per heavy atom. The Kier molecular flexibility index (Phi) is 6.70. The van der Waals surface area contributed by atoms with Gasteiger partial charge in [-0.1, -0.05) is 0 Å². The maximum Gasteiger partial charge on any atom is 0.259 e. The van der Waals surface area contributed by atoms with Crippen LogP contribution in [0.3, 0.4) is 0 Å². The average molecular weight is 433 g/mol. The molecule has 10 heteroatoms. The van der Waals surface area contributed by atoms with E-state index < -0.39 is 15.9 Å². The third-order valence-corrected chi connectivity index (χ3v) is 6.38. The largest absolute Gasteiger partial charge is 0.496 e. The molecule has 1 aliphatic heterocycles. The lowest BCUT2D eigenvalue weighted by atomic mass is 10.1. The number of ether oxygens (including phenoxy) is 2. The average Bonchev–Trinajstić information content (AvgIpc) is 2.75. The molecule has 2 aromatic rings. The van der Waals surface area contributed by atoms with Gasteiger partial charge in [-0.25, -0.2) is 8.42 Å². The van der Waals surface area contributed by atoms with Crippen LogP contribution in [-0.4, -0.2) is 58.0 Å². The van der Waals surface area contributed by atoms with Crippen LogP contribution in [-0.2, 0) is 19.6 Å². The fraction of sp³-hybridized carbons (Fsp3) is 0.300. The molecule has 1 saturated heterocycles. The van der Waals surface area contributed by atoms with Crippen molar-refractivity contribution in [1.82, 2.24) is 4.31 Å². The molecule has 0 saturated carbocycles. The number of sulfonamides is 1. The van der Waals surface area contributed by atoms with Crippen LogP contribution >= 0.6 is 0 Å². The Morgan fingerprint density at radius 2 is 1.60 bits per heavy atom. The second kappa shape index (κ2) is 9.24. The third kappa shape index (κ3) is 4.96. The predicted octanol–water partition coefficient (Wildman–Crippen LogP) is 1.93. The van der Waals surface area contributed by atoms with E-state index in [1.807, 2.05) is 0 Å². The minimum atomic E-state index is -3.76. The lowest BCUT2D eigenvalue weighted by Crippen LogP contribution is -2.40. The van der Waals surface area contributed by atoms with E-state index in [1.165, 1.54) is 36.5 Å². The van der Waals surface area contributed by atoms with Crippen LogP contribution in [0.1, 0.15) is 17.3 Å². The molecular formula is C20H23N3O6S. The molecule has 0 unspecified atom stereocenters. The lowest BCUT2D eigenvalue weighted by molar-refractivity contribution is -0.114. The second-order valence-electron chi connectivity index (χ2n) is 6.59. The molecule has 0 aliphatic carbocycles. The molecule has 0 bridgehead atoms. The molecule has 2 amide bonds. The van der Waals surface area contributed by atoms with Gasteiger partial charge in [-0.2, -0.15) is 4.31 Å². The number of amides is 2. The van der Waals surface area contributed by atoms with Gasteiger partial charge in [0.05, 0.1) is 30.8 Å². The predicted molar refractivity (Wildman–Crippen MR) is 111 cm³/mol. The number of carbonyl (C=O) groups is 2. The van der Waals surface area contributed by atoms with Crippen molar-refractivity contribution < 1.29 is 27.5 Å². The van der Waals surface area contributed by atoms with Gasteiger partial charge in [0.15, 0.2) is 0 Å². The van der Waals surface area contributed by atoms with E-state index in [0.717, 1.165) is 0 Å². The minimum absolute atomic E-state index is 0.0105. The SMILES string of the molecule is COc1ccc(S(=O)(=O)N2CCOCC2)cc1C(=O)Nc1ccc(NC(C)=O)cc1. The molecule has 3 rings (SSSR count). The van der Waals surface area contributed by atoms with Crippen molar-refractivity contribution in [2.45, 2.75) is 11.8 Å². The summed E-state index contributed by atoms with van der Waals surface area (Å²) >= 11 is 0. The summed E-state index contributed by atoms with van der Waals surface area (Å²) in [6.07, 6.45) is 0. The standard InChI is InChI=1S/C20H23N3O6S/c1-14(24)21-15-3-5-16(6-4-15)22-20(25)18-13-17(7-8-19(18)28-2)30(26,27)23-9-11-29-12-10-23/h3-8,13H,9-12H2,1-2H3,(H,21,24)(H,22,25). The van der Waals surface area contributed by atoms with Crippen molar-refractivity contribution in [3.63, 3.8) is 0 Å². The van der Waals surface area contributed by atoms with Gasteiger partial charge in [-0.05, 0) is 42.5 Å². The highest BCUT2D eigenvalue weighted by Crippen LogP contribution is 2.26. The molecule has 30 heavy (non-hydrogen) atoms. The van der Waals surface area contributed by atoms with Gasteiger partial charge in [0, 0.05) is 31.4 Å². The maximum atomic E-state index is 12.9. The van der Waals surface area contributed by atoms with Crippen molar-refractivity contribution in [1.29, 1.82) is 0 Å². The van der Waals surface area contributed by atoms with Gasteiger partial charge in [0.1, 0.15) is 5.75 Å². The van der Waals surface area contributed by atoms with Gasteiger partial charge >= 0.3 is 0 Å². The third-order valence-electron chi connectivity index (χ3n) is 4.49. The van der Waals surface area contributed by atoms with Crippen LogP contribution < -0.4 is 15.4 Å². The first-order valence-electron chi connectivity index (χ1n) is 9.26. The molecule has 2 N–H and O–H groups in total. The first-order valence-corrected chi connectivity index (χ1v) is 10.7. The number of anilines is 2. The van der Waals surface area contributed by atoms with E-state index >= 15 is 0 Å². The Morgan fingerprint density at radius 1 is 1.00 bits per heavy atom. The molecule has 0 atom stereocenters. The van der Waals surface area contributed by atoms with E-state index in [2.05, 4.69) is 10.6 Å².